The largest absolute Gasteiger partial charge is 0.503 e. The standard InChI is InChI=1S/C19H30O6Si/c1-6-7-18(26(22-3,23-4)24-5)14-15-25-17-11-8-16(9-12-17)10-13-19(20)21-2/h8-13,18H,6-7,14-15H2,1-5H3. The van der Waals surface area contributed by atoms with Crippen molar-refractivity contribution in [1.29, 1.82) is 0 Å². The van der Waals surface area contributed by atoms with E-state index in [1.165, 1.54) is 13.2 Å². The Morgan fingerprint density at radius 2 is 1.65 bits per heavy atom. The number of hydrogen-bond acceptors (Lipinski definition) is 6. The van der Waals surface area contributed by atoms with Crippen LogP contribution in [-0.4, -0.2) is 49.8 Å². The number of carbonyl (C=O) groups excluding carboxylic acids is 1. The zero-order valence-corrected chi connectivity index (χ0v) is 17.3. The van der Waals surface area contributed by atoms with Crippen molar-refractivity contribution >= 4 is 20.8 Å². The molecule has 6 nitrogen and oxygen atoms in total. The molecular formula is C19H30O6Si. The molecule has 0 bridgehead atoms. The van der Waals surface area contributed by atoms with Crippen molar-refractivity contribution in [3.05, 3.63) is 35.9 Å². The number of ether oxygens (including phenoxy) is 2. The zero-order valence-electron chi connectivity index (χ0n) is 16.3. The third kappa shape index (κ3) is 6.57. The number of esters is 1. The van der Waals surface area contributed by atoms with E-state index < -0.39 is 8.80 Å². The highest BCUT2D eigenvalue weighted by Gasteiger charge is 2.46. The summed E-state index contributed by atoms with van der Waals surface area (Å²) in [5, 5.41) is 0. The molecule has 26 heavy (non-hydrogen) atoms. The topological polar surface area (TPSA) is 63.2 Å². The first-order chi connectivity index (χ1) is 12.5. The lowest BCUT2D eigenvalue weighted by molar-refractivity contribution is -0.134. The van der Waals surface area contributed by atoms with Crippen molar-refractivity contribution < 1.29 is 27.5 Å². The van der Waals surface area contributed by atoms with Gasteiger partial charge in [0.25, 0.3) is 0 Å². The van der Waals surface area contributed by atoms with Gasteiger partial charge in [-0.2, -0.15) is 0 Å². The molecule has 0 N–H and O–H groups in total. The van der Waals surface area contributed by atoms with Gasteiger partial charge in [-0.1, -0.05) is 25.5 Å². The van der Waals surface area contributed by atoms with Crippen LogP contribution in [0.2, 0.25) is 5.54 Å². The molecule has 1 aromatic rings. The van der Waals surface area contributed by atoms with Crippen molar-refractivity contribution in [2.24, 2.45) is 0 Å². The molecule has 146 valence electrons. The molecule has 1 atom stereocenters. The normalized spacial score (nSPS) is 13.0. The van der Waals surface area contributed by atoms with E-state index in [1.54, 1.807) is 27.4 Å². The number of methoxy groups -OCH3 is 1. The maximum atomic E-state index is 11.1. The van der Waals surface area contributed by atoms with E-state index in [4.69, 9.17) is 18.0 Å². The maximum Gasteiger partial charge on any atom is 0.503 e. The predicted octanol–water partition coefficient (Wildman–Crippen LogP) is 3.69. The van der Waals surface area contributed by atoms with Gasteiger partial charge >= 0.3 is 14.8 Å². The summed E-state index contributed by atoms with van der Waals surface area (Å²) in [5.74, 6) is 0.393. The van der Waals surface area contributed by atoms with E-state index in [0.29, 0.717) is 6.61 Å². The van der Waals surface area contributed by atoms with E-state index in [-0.39, 0.29) is 11.5 Å². The summed E-state index contributed by atoms with van der Waals surface area (Å²) >= 11 is 0. The quantitative estimate of drug-likeness (QED) is 0.312. The summed E-state index contributed by atoms with van der Waals surface area (Å²) in [4.78, 5) is 11.1. The summed E-state index contributed by atoms with van der Waals surface area (Å²) in [6.45, 7) is 2.68. The second kappa shape index (κ2) is 11.8. The van der Waals surface area contributed by atoms with Crippen LogP contribution in [0.25, 0.3) is 6.08 Å². The van der Waals surface area contributed by atoms with Crippen molar-refractivity contribution in [3.63, 3.8) is 0 Å². The van der Waals surface area contributed by atoms with Gasteiger partial charge in [0.2, 0.25) is 0 Å². The smallest absolute Gasteiger partial charge is 0.494 e. The van der Waals surface area contributed by atoms with Gasteiger partial charge < -0.3 is 22.8 Å². The molecule has 0 aliphatic rings. The summed E-state index contributed by atoms with van der Waals surface area (Å²) in [6, 6.07) is 7.52. The van der Waals surface area contributed by atoms with Gasteiger partial charge in [0, 0.05) is 32.9 Å². The number of rotatable bonds is 12. The first-order valence-electron chi connectivity index (χ1n) is 8.69. The molecule has 0 fully saturated rings. The average molecular weight is 383 g/mol. The highest BCUT2D eigenvalue weighted by atomic mass is 28.4. The third-order valence-corrected chi connectivity index (χ3v) is 7.50. The third-order valence-electron chi connectivity index (χ3n) is 4.22. The van der Waals surface area contributed by atoms with Gasteiger partial charge in [0.15, 0.2) is 0 Å². The van der Waals surface area contributed by atoms with Crippen molar-refractivity contribution in [3.8, 4) is 5.75 Å². The van der Waals surface area contributed by atoms with Crippen LogP contribution in [-0.2, 0) is 22.8 Å². The SMILES string of the molecule is CCCC(CCOc1ccc(C=CC(=O)OC)cc1)[Si](OC)(OC)OC. The molecule has 0 amide bonds. The van der Waals surface area contributed by atoms with Crippen LogP contribution in [0.1, 0.15) is 31.7 Å². The molecule has 0 aromatic heterocycles. The molecule has 0 saturated heterocycles. The highest BCUT2D eigenvalue weighted by Crippen LogP contribution is 2.32. The number of benzene rings is 1. The Balaban J connectivity index is 2.61. The molecule has 0 heterocycles. The Morgan fingerprint density at radius 3 is 2.15 bits per heavy atom. The van der Waals surface area contributed by atoms with E-state index in [9.17, 15) is 4.79 Å². The number of hydrogen-bond donors (Lipinski definition) is 0. The van der Waals surface area contributed by atoms with Crippen LogP contribution < -0.4 is 4.74 Å². The molecule has 7 heteroatoms. The lowest BCUT2D eigenvalue weighted by Crippen LogP contribution is -2.48. The van der Waals surface area contributed by atoms with Crippen LogP contribution >= 0.6 is 0 Å². The fraction of sp³-hybridized carbons (Fsp3) is 0.526. The van der Waals surface area contributed by atoms with Gasteiger partial charge in [-0.25, -0.2) is 4.79 Å². The monoisotopic (exact) mass is 382 g/mol. The molecule has 1 rings (SSSR count). The Bertz CT molecular complexity index is 545. The molecule has 0 saturated carbocycles. The second-order valence-electron chi connectivity index (χ2n) is 5.76. The van der Waals surface area contributed by atoms with Crippen LogP contribution in [0, 0.1) is 0 Å². The molecule has 0 aliphatic heterocycles. The van der Waals surface area contributed by atoms with Crippen molar-refractivity contribution in [1.82, 2.24) is 0 Å². The predicted molar refractivity (Wildman–Crippen MR) is 103 cm³/mol. The lowest BCUT2D eigenvalue weighted by Gasteiger charge is -2.32. The Morgan fingerprint density at radius 1 is 1.04 bits per heavy atom. The molecule has 0 spiro atoms. The summed E-state index contributed by atoms with van der Waals surface area (Å²) in [6.07, 6.45) is 5.86. The van der Waals surface area contributed by atoms with Gasteiger partial charge in [-0.05, 0) is 36.6 Å². The van der Waals surface area contributed by atoms with E-state index in [1.807, 2.05) is 24.3 Å². The van der Waals surface area contributed by atoms with Crippen molar-refractivity contribution in [2.45, 2.75) is 31.7 Å². The van der Waals surface area contributed by atoms with Crippen LogP contribution in [0.4, 0.5) is 0 Å². The Hall–Kier alpha value is -1.67. The number of carbonyl (C=O) groups is 1. The van der Waals surface area contributed by atoms with Crippen molar-refractivity contribution in [2.75, 3.05) is 35.0 Å². The van der Waals surface area contributed by atoms with E-state index in [0.717, 1.165) is 30.6 Å². The Kier molecular flexibility index (Phi) is 10.2. The average Bonchev–Trinajstić information content (AvgIpc) is 2.68. The summed E-state index contributed by atoms with van der Waals surface area (Å²) < 4.78 is 27.3. The van der Waals surface area contributed by atoms with Gasteiger partial charge in [-0.15, -0.1) is 0 Å². The minimum atomic E-state index is -2.67. The fourth-order valence-corrected chi connectivity index (χ4v) is 5.44. The molecular weight excluding hydrogens is 352 g/mol. The zero-order chi connectivity index (χ0) is 19.4. The Labute approximate surface area is 157 Å². The van der Waals surface area contributed by atoms with Gasteiger partial charge in [-0.3, -0.25) is 0 Å². The summed E-state index contributed by atoms with van der Waals surface area (Å²) in [7, 11) is 3.60. The molecule has 1 unspecified atom stereocenters. The summed E-state index contributed by atoms with van der Waals surface area (Å²) in [5.41, 5.74) is 1.09. The van der Waals surface area contributed by atoms with Gasteiger partial charge in [0.1, 0.15) is 5.75 Å². The first kappa shape index (κ1) is 22.4. The first-order valence-corrected chi connectivity index (χ1v) is 10.5. The van der Waals surface area contributed by atoms with Gasteiger partial charge in [0.05, 0.1) is 13.7 Å². The molecule has 0 aliphatic carbocycles. The van der Waals surface area contributed by atoms with E-state index >= 15 is 0 Å². The fourth-order valence-electron chi connectivity index (χ4n) is 2.82. The van der Waals surface area contributed by atoms with Crippen LogP contribution in [0.3, 0.4) is 0 Å². The molecule has 1 aromatic carbocycles. The molecule has 0 radical (unpaired) electrons. The van der Waals surface area contributed by atoms with E-state index in [2.05, 4.69) is 11.7 Å². The highest BCUT2D eigenvalue weighted by molar-refractivity contribution is 6.62. The lowest BCUT2D eigenvalue weighted by atomic mass is 10.2. The van der Waals surface area contributed by atoms with Crippen LogP contribution in [0.15, 0.2) is 30.3 Å². The minimum absolute atomic E-state index is 0.190. The van der Waals surface area contributed by atoms with Crippen LogP contribution in [0.5, 0.6) is 5.75 Å². The minimum Gasteiger partial charge on any atom is -0.494 e. The second-order valence-corrected chi connectivity index (χ2v) is 9.01. The maximum absolute atomic E-state index is 11.1.